The molecule has 0 radical (unpaired) electrons. The largest absolute Gasteiger partial charge is 0.497 e. The highest BCUT2D eigenvalue weighted by Gasteiger charge is 2.30. The van der Waals surface area contributed by atoms with E-state index in [4.69, 9.17) is 4.74 Å². The van der Waals surface area contributed by atoms with E-state index < -0.39 is 6.04 Å². The van der Waals surface area contributed by atoms with Gasteiger partial charge in [-0.2, -0.15) is 0 Å². The lowest BCUT2D eigenvalue weighted by molar-refractivity contribution is -0.139. The lowest BCUT2D eigenvalue weighted by Gasteiger charge is -2.32. The lowest BCUT2D eigenvalue weighted by atomic mass is 9.95. The molecule has 0 saturated heterocycles. The Labute approximate surface area is 216 Å². The van der Waals surface area contributed by atoms with E-state index in [0.717, 1.165) is 47.2 Å². The molecule has 0 aliphatic heterocycles. The molecule has 0 aromatic heterocycles. The van der Waals surface area contributed by atoms with Gasteiger partial charge in [0.1, 0.15) is 11.8 Å². The molecule has 0 spiro atoms. The number of halogens is 1. The molecule has 1 aliphatic rings. The Balaban J connectivity index is 1.69. The molecule has 1 fully saturated rings. The minimum atomic E-state index is -0.482. The van der Waals surface area contributed by atoms with E-state index in [0.29, 0.717) is 18.7 Å². The van der Waals surface area contributed by atoms with Gasteiger partial charge in [-0.3, -0.25) is 9.59 Å². The Morgan fingerprint density at radius 2 is 1.71 bits per heavy atom. The zero-order valence-corrected chi connectivity index (χ0v) is 22.5. The van der Waals surface area contributed by atoms with Crippen LogP contribution in [0.15, 0.2) is 53.0 Å². The van der Waals surface area contributed by atoms with E-state index in [1.807, 2.05) is 43.3 Å². The molecular formula is C27H35BrN2O3S. The fraction of sp³-hybridized carbons (Fsp3) is 0.481. The maximum absolute atomic E-state index is 13.4. The maximum Gasteiger partial charge on any atom is 0.243 e. The van der Waals surface area contributed by atoms with Gasteiger partial charge in [0.2, 0.25) is 11.8 Å². The molecule has 0 bridgehead atoms. The number of nitrogens with zero attached hydrogens (tertiary/aromatic N) is 1. The number of thioether (sulfide) groups is 1. The standard InChI is InChI=1S/C27H35BrN2O3S/c1-3-25(27(32)29-23-7-5-4-6-8-23)30(17-20-11-15-24(33-2)16-12-20)26(31)19-34-18-21-9-13-22(28)14-10-21/h9-16,23,25H,3-8,17-19H2,1-2H3,(H,29,32). The number of ether oxygens (including phenoxy) is 1. The zero-order chi connectivity index (χ0) is 24.3. The molecule has 7 heteroatoms. The summed E-state index contributed by atoms with van der Waals surface area (Å²) in [5.41, 5.74) is 2.15. The normalized spacial score (nSPS) is 14.9. The number of nitrogens with one attached hydrogen (secondary N) is 1. The highest BCUT2D eigenvalue weighted by molar-refractivity contribution is 9.10. The Bertz CT molecular complexity index is 914. The predicted molar refractivity (Wildman–Crippen MR) is 143 cm³/mol. The van der Waals surface area contributed by atoms with Crippen LogP contribution < -0.4 is 10.1 Å². The molecule has 1 aliphatic carbocycles. The van der Waals surface area contributed by atoms with Crippen molar-refractivity contribution in [3.05, 3.63) is 64.1 Å². The molecule has 2 amide bonds. The van der Waals surface area contributed by atoms with Crippen LogP contribution in [0.4, 0.5) is 0 Å². The van der Waals surface area contributed by atoms with Crippen LogP contribution in [0.1, 0.15) is 56.6 Å². The topological polar surface area (TPSA) is 58.6 Å². The van der Waals surface area contributed by atoms with Gasteiger partial charge in [0.05, 0.1) is 12.9 Å². The first-order chi connectivity index (χ1) is 16.5. The highest BCUT2D eigenvalue weighted by atomic mass is 79.9. The van der Waals surface area contributed by atoms with Gasteiger partial charge in [0.15, 0.2) is 0 Å². The number of hydrogen-bond acceptors (Lipinski definition) is 4. The molecular weight excluding hydrogens is 512 g/mol. The van der Waals surface area contributed by atoms with Crippen LogP contribution >= 0.6 is 27.7 Å². The van der Waals surface area contributed by atoms with Gasteiger partial charge in [-0.25, -0.2) is 0 Å². The van der Waals surface area contributed by atoms with E-state index in [-0.39, 0.29) is 17.9 Å². The van der Waals surface area contributed by atoms with Gasteiger partial charge in [-0.1, -0.05) is 66.4 Å². The van der Waals surface area contributed by atoms with Crippen LogP contribution in [0.5, 0.6) is 5.75 Å². The third-order valence-corrected chi connectivity index (χ3v) is 7.77. The van der Waals surface area contributed by atoms with Crippen molar-refractivity contribution in [2.24, 2.45) is 0 Å². The van der Waals surface area contributed by atoms with E-state index in [1.54, 1.807) is 23.8 Å². The Hall–Kier alpha value is -1.99. The summed E-state index contributed by atoms with van der Waals surface area (Å²) < 4.78 is 6.30. The number of rotatable bonds is 11. The van der Waals surface area contributed by atoms with E-state index >= 15 is 0 Å². The fourth-order valence-electron chi connectivity index (χ4n) is 4.31. The fourth-order valence-corrected chi connectivity index (χ4v) is 5.45. The monoisotopic (exact) mass is 546 g/mol. The van der Waals surface area contributed by atoms with Crippen molar-refractivity contribution in [2.75, 3.05) is 12.9 Å². The second-order valence-electron chi connectivity index (χ2n) is 8.76. The van der Waals surface area contributed by atoms with Crippen molar-refractivity contribution in [1.29, 1.82) is 0 Å². The third kappa shape index (κ3) is 8.05. The molecule has 184 valence electrons. The Kier molecular flexibility index (Phi) is 10.8. The molecule has 34 heavy (non-hydrogen) atoms. The number of carbonyl (C=O) groups is 2. The number of carbonyl (C=O) groups excluding carboxylic acids is 2. The molecule has 2 aromatic rings. The molecule has 5 nitrogen and oxygen atoms in total. The first kappa shape index (κ1) is 26.6. The number of benzene rings is 2. The summed E-state index contributed by atoms with van der Waals surface area (Å²) in [6.07, 6.45) is 6.18. The molecule has 1 saturated carbocycles. The number of amides is 2. The van der Waals surface area contributed by atoms with Gasteiger partial charge in [-0.15, -0.1) is 11.8 Å². The second kappa shape index (κ2) is 13.8. The summed E-state index contributed by atoms with van der Waals surface area (Å²) in [7, 11) is 1.64. The van der Waals surface area contributed by atoms with Crippen LogP contribution in [-0.4, -0.2) is 41.7 Å². The molecule has 0 heterocycles. The van der Waals surface area contributed by atoms with E-state index in [9.17, 15) is 9.59 Å². The molecule has 3 rings (SSSR count). The van der Waals surface area contributed by atoms with Gasteiger partial charge in [-0.05, 0) is 54.7 Å². The SMILES string of the molecule is CCC(C(=O)NC1CCCCC1)N(Cc1ccc(OC)cc1)C(=O)CSCc1ccc(Br)cc1. The Morgan fingerprint density at radius 1 is 1.06 bits per heavy atom. The summed E-state index contributed by atoms with van der Waals surface area (Å²) >= 11 is 5.04. The quantitative estimate of drug-likeness (QED) is 0.378. The van der Waals surface area contributed by atoms with E-state index in [2.05, 4.69) is 33.4 Å². The highest BCUT2D eigenvalue weighted by Crippen LogP contribution is 2.21. The van der Waals surface area contributed by atoms with Crippen molar-refractivity contribution < 1.29 is 14.3 Å². The molecule has 2 aromatic carbocycles. The number of methoxy groups -OCH3 is 1. The summed E-state index contributed by atoms with van der Waals surface area (Å²) in [6, 6.07) is 15.6. The van der Waals surface area contributed by atoms with Crippen molar-refractivity contribution >= 4 is 39.5 Å². The van der Waals surface area contributed by atoms with E-state index in [1.165, 1.54) is 12.0 Å². The summed E-state index contributed by atoms with van der Waals surface area (Å²) in [5, 5.41) is 3.23. The summed E-state index contributed by atoms with van der Waals surface area (Å²) in [5.74, 6) is 1.81. The minimum absolute atomic E-state index is 0.0106. The number of hydrogen-bond donors (Lipinski definition) is 1. The lowest BCUT2D eigenvalue weighted by Crippen LogP contribution is -2.52. The van der Waals surface area contributed by atoms with Crippen LogP contribution in [0.2, 0.25) is 0 Å². The molecule has 1 unspecified atom stereocenters. The van der Waals surface area contributed by atoms with Gasteiger partial charge in [0.25, 0.3) is 0 Å². The second-order valence-corrected chi connectivity index (χ2v) is 10.7. The smallest absolute Gasteiger partial charge is 0.243 e. The van der Waals surface area contributed by atoms with Crippen molar-refractivity contribution in [3.63, 3.8) is 0 Å². The van der Waals surface area contributed by atoms with Crippen molar-refractivity contribution in [1.82, 2.24) is 10.2 Å². The molecule has 1 atom stereocenters. The minimum Gasteiger partial charge on any atom is -0.497 e. The maximum atomic E-state index is 13.4. The van der Waals surface area contributed by atoms with Crippen molar-refractivity contribution in [3.8, 4) is 5.75 Å². The van der Waals surface area contributed by atoms with Crippen LogP contribution in [-0.2, 0) is 21.9 Å². The first-order valence-electron chi connectivity index (χ1n) is 12.0. The van der Waals surface area contributed by atoms with Gasteiger partial charge >= 0.3 is 0 Å². The summed E-state index contributed by atoms with van der Waals surface area (Å²) in [6.45, 7) is 2.38. The Morgan fingerprint density at radius 3 is 2.32 bits per heavy atom. The van der Waals surface area contributed by atoms with Crippen LogP contribution in [0, 0.1) is 0 Å². The third-order valence-electron chi connectivity index (χ3n) is 6.26. The molecule has 1 N–H and O–H groups in total. The average Bonchev–Trinajstić information content (AvgIpc) is 2.86. The van der Waals surface area contributed by atoms with Crippen LogP contribution in [0.25, 0.3) is 0 Å². The van der Waals surface area contributed by atoms with Crippen LogP contribution in [0.3, 0.4) is 0 Å². The average molecular weight is 548 g/mol. The predicted octanol–water partition coefficient (Wildman–Crippen LogP) is 5.95. The zero-order valence-electron chi connectivity index (χ0n) is 20.1. The van der Waals surface area contributed by atoms with Gasteiger partial charge in [0, 0.05) is 22.8 Å². The van der Waals surface area contributed by atoms with Crippen molar-refractivity contribution in [2.45, 2.75) is 69.8 Å². The first-order valence-corrected chi connectivity index (χ1v) is 14.0. The summed E-state index contributed by atoms with van der Waals surface area (Å²) in [4.78, 5) is 28.4. The van der Waals surface area contributed by atoms with Gasteiger partial charge < -0.3 is 15.0 Å².